The first-order valence-electron chi connectivity index (χ1n) is 16.9. The highest BCUT2D eigenvalue weighted by Gasteiger charge is 2.97. The molecule has 0 atom stereocenters. The van der Waals surface area contributed by atoms with Gasteiger partial charge in [0.05, 0.1) is 24.0 Å². The molecular weight excluding hydrogens is 989 g/mol. The Kier molecular flexibility index (Phi) is 19.9. The molecule has 0 aliphatic heterocycles. The van der Waals surface area contributed by atoms with Crippen LogP contribution in [-0.4, -0.2) is 142 Å². The van der Waals surface area contributed by atoms with E-state index in [-0.39, 0.29) is 0 Å². The largest absolute Gasteiger partial charge is 0.462 e. The molecule has 0 aromatic heterocycles. The van der Waals surface area contributed by atoms with Crippen molar-refractivity contribution >= 4 is 35.8 Å². The third-order valence-electron chi connectivity index (χ3n) is 8.14. The molecule has 0 amide bonds. The van der Waals surface area contributed by atoms with E-state index < -0.39 is 153 Å². The number of hydrogen-bond donors (Lipinski definition) is 0. The Bertz CT molecular complexity index is 1790. The Morgan fingerprint density at radius 1 is 0.313 bits per heavy atom. The van der Waals surface area contributed by atoms with E-state index in [0.717, 1.165) is 0 Å². The lowest BCUT2D eigenvalue weighted by molar-refractivity contribution is -0.467. The lowest BCUT2D eigenvalue weighted by Crippen LogP contribution is -2.76. The number of carbonyl (C=O) groups is 6. The molecule has 0 fully saturated rings. The van der Waals surface area contributed by atoms with Gasteiger partial charge < -0.3 is 33.2 Å². The lowest BCUT2D eigenvalue weighted by Gasteiger charge is -2.43. The quantitative estimate of drug-likeness (QED) is 0.0332. The topological polar surface area (TPSA) is 167 Å². The summed E-state index contributed by atoms with van der Waals surface area (Å²) in [6.45, 7) is 3.77. The van der Waals surface area contributed by atoms with Gasteiger partial charge in [-0.1, -0.05) is 32.9 Å². The van der Waals surface area contributed by atoms with Crippen LogP contribution in [0.1, 0.15) is 0 Å². The maximum Gasteiger partial charge on any atom is 0.460 e. The first kappa shape index (κ1) is 61.1. The van der Waals surface area contributed by atoms with Crippen LogP contribution < -0.4 is 0 Å². The van der Waals surface area contributed by atoms with Crippen molar-refractivity contribution in [3.63, 3.8) is 0 Å². The van der Waals surface area contributed by atoms with Crippen molar-refractivity contribution in [2.45, 2.75) is 53.6 Å². The molecule has 0 saturated carbocycles. The van der Waals surface area contributed by atoms with Gasteiger partial charge in [0.1, 0.15) is 39.6 Å². The molecule has 0 radical (unpaired) electrons. The summed E-state index contributed by atoms with van der Waals surface area (Å²) in [5, 5.41) is 0. The summed E-state index contributed by atoms with van der Waals surface area (Å²) in [6.07, 6.45) is -5.84. The van der Waals surface area contributed by atoms with Gasteiger partial charge >= 0.3 is 89.4 Å². The molecule has 0 aliphatic rings. The van der Waals surface area contributed by atoms with Gasteiger partial charge in [0, 0.05) is 30.4 Å². The van der Waals surface area contributed by atoms with Gasteiger partial charge in [0.2, 0.25) is 0 Å². The van der Waals surface area contributed by atoms with Crippen LogP contribution in [0.25, 0.3) is 0 Å². The zero-order chi connectivity index (χ0) is 53.1. The summed E-state index contributed by atoms with van der Waals surface area (Å²) < 4.78 is 297. The zero-order valence-corrected chi connectivity index (χ0v) is 33.1. The van der Waals surface area contributed by atoms with Gasteiger partial charge in [-0.25, -0.2) is 28.8 Å². The molecule has 382 valence electrons. The van der Waals surface area contributed by atoms with E-state index in [1.807, 2.05) is 0 Å². The average Bonchev–Trinajstić information content (AvgIpc) is 3.24. The van der Waals surface area contributed by atoms with E-state index >= 15 is 0 Å². The monoisotopic (exact) mass is 1020 g/mol. The van der Waals surface area contributed by atoms with Gasteiger partial charge in [-0.2, -0.15) is 83.4 Å². The Labute approximate surface area is 362 Å². The Balaban J connectivity index is 7.49. The minimum absolute atomic E-state index is 0.310. The summed E-state index contributed by atoms with van der Waals surface area (Å²) in [4.78, 5) is 72.0. The van der Waals surface area contributed by atoms with Crippen LogP contribution in [0.2, 0.25) is 0 Å². The van der Waals surface area contributed by atoms with E-state index in [1.54, 1.807) is 0 Å². The number of ether oxygens (including phenoxy) is 7. The molecule has 0 unspecified atom stereocenters. The van der Waals surface area contributed by atoms with Crippen LogP contribution in [0.4, 0.5) is 83.4 Å². The smallest absolute Gasteiger partial charge is 0.460 e. The highest BCUT2D eigenvalue weighted by Crippen LogP contribution is 2.65. The first-order chi connectivity index (χ1) is 30.1. The van der Waals surface area contributed by atoms with Gasteiger partial charge in [0.25, 0.3) is 0 Å². The second kappa shape index (κ2) is 21.8. The van der Waals surface area contributed by atoms with Crippen molar-refractivity contribution in [2.24, 2.45) is 10.8 Å². The van der Waals surface area contributed by atoms with Crippen LogP contribution in [0, 0.1) is 10.8 Å². The second-order valence-electron chi connectivity index (χ2n) is 13.2. The normalized spacial score (nSPS) is 13.6. The molecule has 0 aromatic carbocycles. The first-order valence-corrected chi connectivity index (χ1v) is 16.9. The maximum atomic E-state index is 14.9. The number of esters is 6. The number of hydrogen-bond acceptors (Lipinski definition) is 13. The van der Waals surface area contributed by atoms with Gasteiger partial charge in [-0.3, -0.25) is 0 Å². The van der Waals surface area contributed by atoms with Crippen LogP contribution in [0.3, 0.4) is 0 Å². The fraction of sp³-hybridized carbons (Fsp3) is 0.543. The number of alkyl halides is 19. The lowest BCUT2D eigenvalue weighted by atomic mass is 9.87. The summed E-state index contributed by atoms with van der Waals surface area (Å²) in [6, 6.07) is 0. The van der Waals surface area contributed by atoms with Crippen molar-refractivity contribution < 1.29 is 145 Å². The third kappa shape index (κ3) is 12.8. The molecule has 13 nitrogen and oxygen atoms in total. The van der Waals surface area contributed by atoms with E-state index in [1.165, 1.54) is 0 Å². The highest BCUT2D eigenvalue weighted by atomic mass is 19.4. The molecule has 0 heterocycles. The molecule has 0 aromatic rings. The molecule has 32 heteroatoms. The minimum Gasteiger partial charge on any atom is -0.462 e. The van der Waals surface area contributed by atoms with E-state index in [4.69, 9.17) is 18.9 Å². The predicted molar refractivity (Wildman–Crippen MR) is 178 cm³/mol. The zero-order valence-electron chi connectivity index (χ0n) is 33.1. The van der Waals surface area contributed by atoms with Crippen molar-refractivity contribution in [1.82, 2.24) is 0 Å². The van der Waals surface area contributed by atoms with Crippen LogP contribution in [-0.2, 0) is 61.9 Å². The predicted octanol–water partition coefficient (Wildman–Crippen LogP) is 6.81. The fourth-order valence-corrected chi connectivity index (χ4v) is 4.20. The van der Waals surface area contributed by atoms with E-state index in [9.17, 15) is 112 Å². The SMILES string of the molecule is C=CC(=O)OCC(COCC(COC(=O)C=C)(COC(=O)C=C)COC(=O)C(F)(F)C(F)(F)C(F)(F)C(F)(F)C(F)(F)C(F)(F)C(F)(F)C(F)(F)C(F)(F)F)(COC(=O)C=C)COC(=O)C=C. The summed E-state index contributed by atoms with van der Waals surface area (Å²) >= 11 is 0. The molecule has 0 aliphatic carbocycles. The van der Waals surface area contributed by atoms with Crippen LogP contribution >= 0.6 is 0 Å². The number of carbonyl (C=O) groups excluding carboxylic acids is 6. The average molecular weight is 1020 g/mol. The Morgan fingerprint density at radius 3 is 0.746 bits per heavy atom. The number of halogens is 19. The molecule has 67 heavy (non-hydrogen) atoms. The van der Waals surface area contributed by atoms with Crippen LogP contribution in [0.5, 0.6) is 0 Å². The maximum absolute atomic E-state index is 14.9. The molecule has 0 N–H and O–H groups in total. The van der Waals surface area contributed by atoms with Crippen LogP contribution in [0.15, 0.2) is 63.3 Å². The van der Waals surface area contributed by atoms with E-state index in [2.05, 4.69) is 47.1 Å². The Hall–Kier alpha value is -5.85. The van der Waals surface area contributed by atoms with Crippen molar-refractivity contribution in [3.05, 3.63) is 63.3 Å². The van der Waals surface area contributed by atoms with E-state index in [0.29, 0.717) is 30.4 Å². The molecular formula is C35H31F19O13. The molecule has 0 spiro atoms. The third-order valence-corrected chi connectivity index (χ3v) is 8.14. The van der Waals surface area contributed by atoms with Crippen molar-refractivity contribution in [3.8, 4) is 0 Å². The molecule has 0 saturated heterocycles. The summed E-state index contributed by atoms with van der Waals surface area (Å²) in [5.41, 5.74) is -5.14. The van der Waals surface area contributed by atoms with Gasteiger partial charge in [0.15, 0.2) is 0 Å². The number of rotatable bonds is 29. The van der Waals surface area contributed by atoms with Crippen molar-refractivity contribution in [1.29, 1.82) is 0 Å². The molecule has 0 bridgehead atoms. The molecule has 0 rings (SSSR count). The van der Waals surface area contributed by atoms with Gasteiger partial charge in [-0.05, 0) is 0 Å². The summed E-state index contributed by atoms with van der Waals surface area (Å²) in [5.74, 6) is -82.1. The van der Waals surface area contributed by atoms with Crippen molar-refractivity contribution in [2.75, 3.05) is 52.9 Å². The highest BCUT2D eigenvalue weighted by molar-refractivity contribution is 5.83. The standard InChI is InChI=1S/C35H31F19O13/c1-6-19(55)62-13-25(14-63-20(56)7-2,15-64-21(57)8-3)11-61-12-26(16-65-22(58)9-4,17-66-23(59)10-5)18-67-24(60)27(36,37)28(38,39)29(40,41)30(42,43)31(44,45)32(46,47)33(48,49)34(50,51)35(52,53)54/h6-10H,1-5,11-18H2. The second-order valence-corrected chi connectivity index (χ2v) is 13.2. The fourth-order valence-electron chi connectivity index (χ4n) is 4.20. The Morgan fingerprint density at radius 2 is 0.522 bits per heavy atom. The minimum atomic E-state index is -9.30. The van der Waals surface area contributed by atoms with Gasteiger partial charge in [-0.15, -0.1) is 0 Å². The summed E-state index contributed by atoms with van der Waals surface area (Å²) in [7, 11) is 0.